The van der Waals surface area contributed by atoms with E-state index in [1.54, 1.807) is 30.3 Å². The number of amides is 2. The molecule has 3 fully saturated rings. The molecule has 1 aromatic rings. The molecule has 3 aliphatic heterocycles. The van der Waals surface area contributed by atoms with Gasteiger partial charge in [0.25, 0.3) is 5.91 Å². The molecular formula is C31H40BrClN2O6. The van der Waals surface area contributed by atoms with E-state index in [-0.39, 0.29) is 36.4 Å². The lowest BCUT2D eigenvalue weighted by molar-refractivity contribution is -0.156. The lowest BCUT2D eigenvalue weighted by Crippen LogP contribution is -2.60. The Bertz CT molecular complexity index is 1170. The van der Waals surface area contributed by atoms with E-state index in [4.69, 9.17) is 21.1 Å². The number of para-hydroxylation sites is 1. The zero-order valence-corrected chi connectivity index (χ0v) is 26.1. The van der Waals surface area contributed by atoms with Crippen molar-refractivity contribution in [1.29, 1.82) is 0 Å². The molecule has 3 heterocycles. The number of allylic oxidation sites excluding steroid dienone is 1. The zero-order valence-electron chi connectivity index (χ0n) is 23.7. The van der Waals surface area contributed by atoms with Crippen LogP contribution in [-0.4, -0.2) is 76.2 Å². The summed E-state index contributed by atoms with van der Waals surface area (Å²) in [6.07, 6.45) is 6.18. The molecule has 0 aromatic heterocycles. The number of anilines is 1. The number of ether oxygens (including phenoxy) is 2. The Hall–Kier alpha value is -2.20. The van der Waals surface area contributed by atoms with Crippen molar-refractivity contribution in [2.45, 2.75) is 74.6 Å². The summed E-state index contributed by atoms with van der Waals surface area (Å²) in [5.74, 6) is -3.15. The minimum absolute atomic E-state index is 0.116. The van der Waals surface area contributed by atoms with Gasteiger partial charge >= 0.3 is 5.97 Å². The quantitative estimate of drug-likeness (QED) is 0.133. The van der Waals surface area contributed by atoms with E-state index in [1.807, 2.05) is 19.9 Å². The Morgan fingerprint density at radius 1 is 1.32 bits per heavy atom. The lowest BCUT2D eigenvalue weighted by Gasteiger charge is -2.41. The Balaban J connectivity index is 1.78. The third kappa shape index (κ3) is 5.63. The monoisotopic (exact) mass is 650 g/mol. The predicted octanol–water partition coefficient (Wildman–Crippen LogP) is 4.91. The van der Waals surface area contributed by atoms with Crippen LogP contribution in [0.2, 0.25) is 5.02 Å². The molecule has 8 nitrogen and oxygen atoms in total. The van der Waals surface area contributed by atoms with Gasteiger partial charge in [-0.1, -0.05) is 72.1 Å². The minimum atomic E-state index is -1.28. The van der Waals surface area contributed by atoms with Gasteiger partial charge in [0.2, 0.25) is 5.91 Å². The number of benzene rings is 1. The van der Waals surface area contributed by atoms with E-state index >= 15 is 0 Å². The number of hydrogen-bond acceptors (Lipinski definition) is 6. The number of aliphatic hydroxyl groups is 1. The average molecular weight is 652 g/mol. The molecule has 224 valence electrons. The van der Waals surface area contributed by atoms with Crippen LogP contribution >= 0.6 is 27.5 Å². The maximum atomic E-state index is 14.7. The molecule has 3 aliphatic rings. The first-order valence-electron chi connectivity index (χ1n) is 14.4. The van der Waals surface area contributed by atoms with E-state index < -0.39 is 47.5 Å². The maximum Gasteiger partial charge on any atom is 0.312 e. The van der Waals surface area contributed by atoms with E-state index in [2.05, 4.69) is 29.1 Å². The van der Waals surface area contributed by atoms with Crippen LogP contribution in [-0.2, 0) is 23.9 Å². The first-order valence-corrected chi connectivity index (χ1v) is 15.7. The van der Waals surface area contributed by atoms with Crippen LogP contribution in [0.5, 0.6) is 0 Å². The second kappa shape index (κ2) is 13.4. The van der Waals surface area contributed by atoms with Gasteiger partial charge in [-0.2, -0.15) is 0 Å². The summed E-state index contributed by atoms with van der Waals surface area (Å²) in [6, 6.07) is 5.26. The van der Waals surface area contributed by atoms with Gasteiger partial charge in [-0.3, -0.25) is 14.4 Å². The number of halogens is 2. The molecule has 3 saturated heterocycles. The summed E-state index contributed by atoms with van der Waals surface area (Å²) in [5.41, 5.74) is -0.796. The smallest absolute Gasteiger partial charge is 0.312 e. The number of carbonyl (C=O) groups excluding carboxylic acids is 3. The van der Waals surface area contributed by atoms with E-state index in [9.17, 15) is 19.5 Å². The molecule has 0 aliphatic carbocycles. The fraction of sp³-hybridized carbons (Fsp3) is 0.581. The molecule has 0 radical (unpaired) electrons. The number of carbonyl (C=O) groups is 3. The maximum absolute atomic E-state index is 14.7. The van der Waals surface area contributed by atoms with Crippen LogP contribution in [0, 0.1) is 17.8 Å². The SMILES string of the molecule is C=CCCCCOC(=O)[C@H]1[C@@H]2OC3(CC2Br)C(C(=O)N(CC=C)c2ccccc2Cl)N([C@@H](CO)[C@@H](C)CC)C(=O)[C@H]13. The number of likely N-dealkylation sites (tertiary alicyclic amines) is 1. The number of alkyl halides is 1. The Labute approximate surface area is 255 Å². The summed E-state index contributed by atoms with van der Waals surface area (Å²) in [5, 5.41) is 10.9. The second-order valence-corrected chi connectivity index (χ2v) is 12.8. The fourth-order valence-corrected chi connectivity index (χ4v) is 7.88. The number of rotatable bonds is 14. The molecule has 3 unspecified atom stereocenters. The second-order valence-electron chi connectivity index (χ2n) is 11.2. The molecule has 1 spiro atoms. The Morgan fingerprint density at radius 2 is 2.05 bits per heavy atom. The van der Waals surface area contributed by atoms with Gasteiger partial charge in [0.15, 0.2) is 0 Å². The topological polar surface area (TPSA) is 96.4 Å². The van der Waals surface area contributed by atoms with Crippen molar-refractivity contribution in [1.82, 2.24) is 4.90 Å². The molecule has 41 heavy (non-hydrogen) atoms. The molecule has 2 amide bonds. The first-order chi connectivity index (χ1) is 19.7. The van der Waals surface area contributed by atoms with Crippen molar-refractivity contribution in [3.63, 3.8) is 0 Å². The van der Waals surface area contributed by atoms with Crippen LogP contribution in [0.25, 0.3) is 0 Å². The molecule has 1 N–H and O–H groups in total. The number of esters is 1. The predicted molar refractivity (Wildman–Crippen MR) is 162 cm³/mol. The fourth-order valence-electron chi connectivity index (χ4n) is 6.70. The highest BCUT2D eigenvalue weighted by atomic mass is 79.9. The van der Waals surface area contributed by atoms with Gasteiger partial charge in [-0.25, -0.2) is 0 Å². The van der Waals surface area contributed by atoms with E-state index in [1.165, 1.54) is 9.80 Å². The first kappa shape index (κ1) is 31.7. The molecule has 1 aromatic carbocycles. The Morgan fingerprint density at radius 3 is 2.68 bits per heavy atom. The van der Waals surface area contributed by atoms with Gasteiger partial charge in [-0.15, -0.1) is 13.2 Å². The van der Waals surface area contributed by atoms with Crippen LogP contribution in [0.15, 0.2) is 49.6 Å². The van der Waals surface area contributed by atoms with Crippen LogP contribution in [0.3, 0.4) is 0 Å². The van der Waals surface area contributed by atoms with Crippen LogP contribution in [0.4, 0.5) is 5.69 Å². The highest BCUT2D eigenvalue weighted by Crippen LogP contribution is 2.61. The zero-order chi connectivity index (χ0) is 29.9. The third-order valence-electron chi connectivity index (χ3n) is 8.85. The van der Waals surface area contributed by atoms with Crippen LogP contribution < -0.4 is 4.90 Å². The van der Waals surface area contributed by atoms with Crippen molar-refractivity contribution < 1.29 is 29.0 Å². The minimum Gasteiger partial charge on any atom is -0.465 e. The highest BCUT2D eigenvalue weighted by molar-refractivity contribution is 9.09. The molecule has 10 heteroatoms. The van der Waals surface area contributed by atoms with Crippen molar-refractivity contribution in [2.75, 3.05) is 24.7 Å². The summed E-state index contributed by atoms with van der Waals surface area (Å²) in [7, 11) is 0. The number of aliphatic hydroxyl groups excluding tert-OH is 1. The summed E-state index contributed by atoms with van der Waals surface area (Å²) in [6.45, 7) is 11.5. The van der Waals surface area contributed by atoms with E-state index in [0.29, 0.717) is 30.0 Å². The Kier molecular flexibility index (Phi) is 10.4. The number of unbranched alkanes of at least 4 members (excludes halogenated alkanes) is 2. The molecule has 4 rings (SSSR count). The number of hydrogen-bond donors (Lipinski definition) is 1. The van der Waals surface area contributed by atoms with Crippen molar-refractivity contribution in [3.8, 4) is 0 Å². The van der Waals surface area contributed by atoms with Gasteiger partial charge < -0.3 is 24.4 Å². The molecule has 2 bridgehead atoms. The molecule has 0 saturated carbocycles. The van der Waals surface area contributed by atoms with Crippen molar-refractivity contribution >= 4 is 51.0 Å². The lowest BCUT2D eigenvalue weighted by atomic mass is 9.70. The van der Waals surface area contributed by atoms with Gasteiger partial charge in [0.1, 0.15) is 11.6 Å². The normalized spacial score (nSPS) is 29.6. The van der Waals surface area contributed by atoms with E-state index in [0.717, 1.165) is 12.8 Å². The van der Waals surface area contributed by atoms with Crippen LogP contribution in [0.1, 0.15) is 46.0 Å². The highest BCUT2D eigenvalue weighted by Gasteiger charge is 2.77. The summed E-state index contributed by atoms with van der Waals surface area (Å²) < 4.78 is 12.3. The number of nitrogens with zero attached hydrogens (tertiary/aromatic N) is 2. The van der Waals surface area contributed by atoms with Gasteiger partial charge in [-0.05, 0) is 43.7 Å². The van der Waals surface area contributed by atoms with Crippen molar-refractivity contribution in [3.05, 3.63) is 54.6 Å². The summed E-state index contributed by atoms with van der Waals surface area (Å²) >= 11 is 10.2. The van der Waals surface area contributed by atoms with Gasteiger partial charge in [0.05, 0.1) is 47.9 Å². The summed E-state index contributed by atoms with van der Waals surface area (Å²) in [4.78, 5) is 45.4. The number of fused-ring (bicyclic) bond motifs is 1. The molecule has 8 atom stereocenters. The third-order valence-corrected chi connectivity index (χ3v) is 10.0. The van der Waals surface area contributed by atoms with Gasteiger partial charge in [0, 0.05) is 11.4 Å². The molecular weight excluding hydrogens is 612 g/mol. The standard InChI is InChI=1S/C31H40BrClN2O6/c1-5-8-9-12-16-40-30(39)24-25-28(37)35(23(18-36)19(4)7-3)27(31(25)17-20(32)26(24)41-31)29(38)34(15-6-2)22-14-11-10-13-21(22)33/h5-6,10-11,13-14,19-20,23-27,36H,1-2,7-9,12,15-18H2,3-4H3/t19-,20?,23-,24+,25-,26+,27?,31?/m0/s1. The van der Waals surface area contributed by atoms with Crippen molar-refractivity contribution in [2.24, 2.45) is 17.8 Å². The largest absolute Gasteiger partial charge is 0.465 e. The average Bonchev–Trinajstić information content (AvgIpc) is 3.55.